The van der Waals surface area contributed by atoms with Gasteiger partial charge in [0.25, 0.3) is 0 Å². The molecule has 1 aromatic rings. The van der Waals surface area contributed by atoms with Crippen LogP contribution in [0.2, 0.25) is 0 Å². The van der Waals surface area contributed by atoms with E-state index >= 15 is 0 Å². The van der Waals surface area contributed by atoms with E-state index in [1.807, 2.05) is 32.0 Å². The summed E-state index contributed by atoms with van der Waals surface area (Å²) >= 11 is 0. The van der Waals surface area contributed by atoms with Gasteiger partial charge in [0.15, 0.2) is 0 Å². The van der Waals surface area contributed by atoms with Crippen LogP contribution in [0.3, 0.4) is 0 Å². The molecule has 0 saturated carbocycles. The molecule has 3 heteroatoms. The fourth-order valence-electron chi connectivity index (χ4n) is 3.00. The molecule has 0 fully saturated rings. The molecule has 0 spiro atoms. The summed E-state index contributed by atoms with van der Waals surface area (Å²) in [6, 6.07) is 10.1. The highest BCUT2D eigenvalue weighted by Gasteiger charge is 2.41. The van der Waals surface area contributed by atoms with Gasteiger partial charge in [-0.3, -0.25) is 9.79 Å². The minimum Gasteiger partial charge on any atom is -0.312 e. The van der Waals surface area contributed by atoms with Crippen LogP contribution in [0.25, 0.3) is 0 Å². The lowest BCUT2D eigenvalue weighted by Gasteiger charge is -2.32. The summed E-state index contributed by atoms with van der Waals surface area (Å²) in [6.07, 6.45) is 1.86. The first-order valence-corrected chi connectivity index (χ1v) is 7.49. The summed E-state index contributed by atoms with van der Waals surface area (Å²) < 4.78 is 0. The number of amidine groups is 1. The number of nitrogens with zero attached hydrogens (tertiary/aromatic N) is 1. The van der Waals surface area contributed by atoms with Gasteiger partial charge in [-0.25, -0.2) is 0 Å². The van der Waals surface area contributed by atoms with E-state index in [4.69, 9.17) is 4.99 Å². The third kappa shape index (κ3) is 2.37. The van der Waals surface area contributed by atoms with Crippen molar-refractivity contribution in [2.45, 2.75) is 52.0 Å². The highest BCUT2D eigenvalue weighted by molar-refractivity contribution is 6.10. The smallest absolute Gasteiger partial charge is 0.250 e. The van der Waals surface area contributed by atoms with Crippen molar-refractivity contribution in [3.63, 3.8) is 0 Å². The number of rotatable bonds is 5. The molecule has 1 N–H and O–H groups in total. The van der Waals surface area contributed by atoms with Crippen LogP contribution in [0.5, 0.6) is 0 Å². The lowest BCUT2D eigenvalue weighted by atomic mass is 9.74. The number of amides is 1. The van der Waals surface area contributed by atoms with Crippen molar-refractivity contribution in [3.05, 3.63) is 35.9 Å². The van der Waals surface area contributed by atoms with Crippen LogP contribution >= 0.6 is 0 Å². The molecule has 1 amide bonds. The number of nitrogens with one attached hydrogen (secondary N) is 1. The van der Waals surface area contributed by atoms with Crippen molar-refractivity contribution in [1.29, 1.82) is 0 Å². The van der Waals surface area contributed by atoms with Crippen molar-refractivity contribution in [2.75, 3.05) is 0 Å². The molecule has 0 bridgehead atoms. The Balaban J connectivity index is 2.45. The van der Waals surface area contributed by atoms with Gasteiger partial charge >= 0.3 is 0 Å². The van der Waals surface area contributed by atoms with Crippen LogP contribution in [0.1, 0.15) is 46.1 Å². The summed E-state index contributed by atoms with van der Waals surface area (Å²) in [5.74, 6) is 1.12. The second-order valence-corrected chi connectivity index (χ2v) is 5.81. The molecule has 1 atom stereocenters. The van der Waals surface area contributed by atoms with Crippen molar-refractivity contribution in [2.24, 2.45) is 10.9 Å². The quantitative estimate of drug-likeness (QED) is 0.878. The average Bonchev–Trinajstić information content (AvgIpc) is 2.85. The van der Waals surface area contributed by atoms with Crippen molar-refractivity contribution in [1.82, 2.24) is 5.32 Å². The zero-order valence-electron chi connectivity index (χ0n) is 12.8. The van der Waals surface area contributed by atoms with Gasteiger partial charge in [0, 0.05) is 0 Å². The minimum absolute atomic E-state index is 0.0391. The summed E-state index contributed by atoms with van der Waals surface area (Å²) in [5, 5.41) is 3.04. The van der Waals surface area contributed by atoms with Gasteiger partial charge in [-0.2, -0.15) is 0 Å². The van der Waals surface area contributed by atoms with Gasteiger partial charge in [-0.05, 0) is 24.3 Å². The minimum atomic E-state index is -0.244. The van der Waals surface area contributed by atoms with Gasteiger partial charge in [-0.15, -0.1) is 0 Å². The van der Waals surface area contributed by atoms with Crippen molar-refractivity contribution >= 4 is 11.7 Å². The van der Waals surface area contributed by atoms with E-state index in [2.05, 4.69) is 31.3 Å². The Bertz CT molecular complexity index is 501. The molecular weight excluding hydrogens is 248 g/mol. The van der Waals surface area contributed by atoms with Gasteiger partial charge in [-0.1, -0.05) is 58.0 Å². The van der Waals surface area contributed by atoms with E-state index in [0.717, 1.165) is 18.7 Å². The van der Waals surface area contributed by atoms with Crippen LogP contribution in [0.4, 0.5) is 0 Å². The Morgan fingerprint density at radius 2 is 1.80 bits per heavy atom. The van der Waals surface area contributed by atoms with Gasteiger partial charge < -0.3 is 5.32 Å². The van der Waals surface area contributed by atoms with E-state index in [9.17, 15) is 4.79 Å². The average molecular weight is 272 g/mol. The highest BCUT2D eigenvalue weighted by atomic mass is 16.2. The first-order valence-electron chi connectivity index (χ1n) is 7.49. The molecule has 2 rings (SSSR count). The molecule has 1 heterocycles. The largest absolute Gasteiger partial charge is 0.312 e. The topological polar surface area (TPSA) is 41.5 Å². The van der Waals surface area contributed by atoms with E-state index in [0.29, 0.717) is 0 Å². The Morgan fingerprint density at radius 3 is 2.25 bits per heavy atom. The number of hydrogen-bond donors (Lipinski definition) is 1. The standard InChI is InChI=1S/C17H24N2O/c1-5-17(6-2,13-10-8-7-9-11-13)16-18-14(12(3)4)15(20)19-16/h7-12,14H,5-6H2,1-4H3,(H,18,19,20). The Labute approximate surface area is 121 Å². The third-order valence-electron chi connectivity index (χ3n) is 4.40. The molecule has 0 radical (unpaired) electrons. The predicted molar refractivity (Wildman–Crippen MR) is 82.9 cm³/mol. The molecule has 20 heavy (non-hydrogen) atoms. The molecule has 1 aromatic carbocycles. The van der Waals surface area contributed by atoms with Gasteiger partial charge in [0.2, 0.25) is 5.91 Å². The summed E-state index contributed by atoms with van der Waals surface area (Å²) in [6.45, 7) is 8.40. The number of hydrogen-bond acceptors (Lipinski definition) is 2. The molecule has 1 unspecified atom stereocenters. The number of aliphatic imine (C=N–C) groups is 1. The molecular formula is C17H24N2O. The maximum Gasteiger partial charge on any atom is 0.250 e. The normalized spacial score (nSPS) is 19.1. The van der Waals surface area contributed by atoms with Crippen molar-refractivity contribution in [3.8, 4) is 0 Å². The molecule has 3 nitrogen and oxygen atoms in total. The maximum absolute atomic E-state index is 12.1. The van der Waals surface area contributed by atoms with Crippen LogP contribution < -0.4 is 5.32 Å². The van der Waals surface area contributed by atoms with E-state index in [-0.39, 0.29) is 23.3 Å². The number of benzene rings is 1. The van der Waals surface area contributed by atoms with E-state index in [1.165, 1.54) is 5.56 Å². The van der Waals surface area contributed by atoms with Gasteiger partial charge in [0.1, 0.15) is 11.9 Å². The molecule has 0 aliphatic carbocycles. The highest BCUT2D eigenvalue weighted by Crippen LogP contribution is 2.34. The third-order valence-corrected chi connectivity index (χ3v) is 4.40. The number of carbonyl (C=O) groups excluding carboxylic acids is 1. The fraction of sp³-hybridized carbons (Fsp3) is 0.529. The summed E-state index contributed by atoms with van der Waals surface area (Å²) in [7, 11) is 0. The zero-order valence-corrected chi connectivity index (χ0v) is 12.8. The first kappa shape index (κ1) is 14.8. The lowest BCUT2D eigenvalue weighted by Crippen LogP contribution is -2.43. The van der Waals surface area contributed by atoms with E-state index in [1.54, 1.807) is 0 Å². The Kier molecular flexibility index (Phi) is 4.26. The second-order valence-electron chi connectivity index (χ2n) is 5.81. The number of carbonyl (C=O) groups is 1. The van der Waals surface area contributed by atoms with Crippen molar-refractivity contribution < 1.29 is 4.79 Å². The Hall–Kier alpha value is -1.64. The molecule has 1 aliphatic heterocycles. The zero-order chi connectivity index (χ0) is 14.8. The predicted octanol–water partition coefficient (Wildman–Crippen LogP) is 3.30. The SMILES string of the molecule is CCC(CC)(C1=NC(C(C)C)C(=O)N1)c1ccccc1. The monoisotopic (exact) mass is 272 g/mol. The van der Waals surface area contributed by atoms with Crippen LogP contribution in [-0.2, 0) is 10.2 Å². The van der Waals surface area contributed by atoms with Crippen LogP contribution in [-0.4, -0.2) is 17.8 Å². The summed E-state index contributed by atoms with van der Waals surface area (Å²) in [5.41, 5.74) is 1.05. The fourth-order valence-corrected chi connectivity index (χ4v) is 3.00. The van der Waals surface area contributed by atoms with Crippen LogP contribution in [0, 0.1) is 5.92 Å². The van der Waals surface area contributed by atoms with E-state index < -0.39 is 0 Å². The second kappa shape index (κ2) is 5.78. The molecule has 1 aliphatic rings. The summed E-state index contributed by atoms with van der Waals surface area (Å²) in [4.78, 5) is 16.8. The Morgan fingerprint density at radius 1 is 1.20 bits per heavy atom. The first-order chi connectivity index (χ1) is 9.55. The van der Waals surface area contributed by atoms with Crippen LogP contribution in [0.15, 0.2) is 35.3 Å². The molecule has 108 valence electrons. The molecule has 0 saturated heterocycles. The maximum atomic E-state index is 12.1. The lowest BCUT2D eigenvalue weighted by molar-refractivity contribution is -0.120. The van der Waals surface area contributed by atoms with Gasteiger partial charge in [0.05, 0.1) is 5.41 Å². The molecule has 0 aromatic heterocycles.